The van der Waals surface area contributed by atoms with Crippen LogP contribution in [0.3, 0.4) is 0 Å². The molecule has 1 aromatic rings. The second-order valence-electron chi connectivity index (χ2n) is 5.20. The van der Waals surface area contributed by atoms with E-state index in [1.165, 1.54) is 12.1 Å². The molecule has 0 amide bonds. The van der Waals surface area contributed by atoms with Crippen molar-refractivity contribution >= 4 is 24.9 Å². The average Bonchev–Trinajstić information content (AvgIpc) is 2.42. The van der Waals surface area contributed by atoms with Crippen LogP contribution in [-0.4, -0.2) is 14.0 Å². The van der Waals surface area contributed by atoms with Gasteiger partial charge in [0.05, 0.1) is 5.56 Å². The molecule has 112 valence electrons. The summed E-state index contributed by atoms with van der Waals surface area (Å²) in [6, 6.07) is 6.61. The van der Waals surface area contributed by atoms with Crippen LogP contribution >= 0.6 is 11.6 Å². The summed E-state index contributed by atoms with van der Waals surface area (Å²) in [5.74, 6) is 0.635. The van der Waals surface area contributed by atoms with Crippen molar-refractivity contribution in [2.24, 2.45) is 0 Å². The number of hydrogen-bond acceptors (Lipinski definition) is 0. The van der Waals surface area contributed by atoms with Crippen LogP contribution in [-0.2, 0) is 6.18 Å². The van der Waals surface area contributed by atoms with E-state index in [2.05, 4.69) is 13.1 Å². The Kier molecular flexibility index (Phi) is 6.33. The second-order valence-corrected chi connectivity index (χ2v) is 9.90. The molecule has 1 unspecified atom stereocenters. The van der Waals surface area contributed by atoms with Gasteiger partial charge in [-0.15, -0.1) is 18.2 Å². The summed E-state index contributed by atoms with van der Waals surface area (Å²) in [6.45, 7) is 5.92. The highest BCUT2D eigenvalue weighted by Crippen LogP contribution is 2.29. The molecule has 0 aliphatic heterocycles. The van der Waals surface area contributed by atoms with Crippen LogP contribution in [0.5, 0.6) is 0 Å². The number of unbranched alkanes of at least 4 members (excludes halogenated alkanes) is 2. The van der Waals surface area contributed by atoms with Crippen molar-refractivity contribution in [3.8, 4) is 0 Å². The van der Waals surface area contributed by atoms with Crippen LogP contribution in [0, 0.1) is 0 Å². The zero-order valence-electron chi connectivity index (χ0n) is 11.6. The van der Waals surface area contributed by atoms with Gasteiger partial charge in [-0.05, 0) is 6.42 Å². The quantitative estimate of drug-likeness (QED) is 0.371. The van der Waals surface area contributed by atoms with E-state index in [0.29, 0.717) is 5.88 Å². The van der Waals surface area contributed by atoms with Crippen LogP contribution in [0.1, 0.15) is 24.8 Å². The molecule has 0 spiro atoms. The molecule has 0 aliphatic rings. The number of alkyl halides is 4. The largest absolute Gasteiger partial charge is 0.416 e. The Morgan fingerprint density at radius 2 is 1.95 bits per heavy atom. The molecule has 1 atom stereocenters. The zero-order valence-corrected chi connectivity index (χ0v) is 13.4. The first kappa shape index (κ1) is 17.3. The molecular formula is C15H20ClF3Si. The molecule has 0 heterocycles. The molecular weight excluding hydrogens is 301 g/mol. The standard InChI is InChI=1S/C15H20ClF3Si/c1-3-20(2,11-6-4-5-10-16)14-9-7-8-13(12-14)15(17,18)19/h3,7-9,12H,1,4-6,10-11H2,2H3. The van der Waals surface area contributed by atoms with Crippen LogP contribution in [0.15, 0.2) is 36.5 Å². The van der Waals surface area contributed by atoms with E-state index < -0.39 is 19.8 Å². The molecule has 0 nitrogen and oxygen atoms in total. The third kappa shape index (κ3) is 4.67. The third-order valence-corrected chi connectivity index (χ3v) is 7.82. The smallest absolute Gasteiger partial charge is 0.166 e. The Hall–Kier alpha value is -0.743. The molecule has 1 rings (SSSR count). The molecule has 0 aromatic heterocycles. The molecule has 0 saturated heterocycles. The van der Waals surface area contributed by atoms with Gasteiger partial charge in [-0.3, -0.25) is 0 Å². The van der Waals surface area contributed by atoms with E-state index in [-0.39, 0.29) is 0 Å². The average molecular weight is 321 g/mol. The Morgan fingerprint density at radius 3 is 2.50 bits per heavy atom. The first-order chi connectivity index (χ1) is 9.33. The maximum Gasteiger partial charge on any atom is 0.416 e. The summed E-state index contributed by atoms with van der Waals surface area (Å²) in [5, 5.41) is 0.799. The van der Waals surface area contributed by atoms with Crippen LogP contribution in [0.2, 0.25) is 12.6 Å². The lowest BCUT2D eigenvalue weighted by Crippen LogP contribution is -2.43. The molecule has 1 aromatic carbocycles. The number of benzene rings is 1. The van der Waals surface area contributed by atoms with Gasteiger partial charge in [-0.25, -0.2) is 0 Å². The van der Waals surface area contributed by atoms with Crippen molar-refractivity contribution < 1.29 is 13.2 Å². The van der Waals surface area contributed by atoms with E-state index in [1.807, 2.05) is 5.70 Å². The van der Waals surface area contributed by atoms with E-state index in [4.69, 9.17) is 11.6 Å². The van der Waals surface area contributed by atoms with Crippen molar-refractivity contribution in [2.45, 2.75) is 38.0 Å². The SMILES string of the molecule is C=C[Si](C)(CCCCCCl)c1cccc(C(F)(F)F)c1. The van der Waals surface area contributed by atoms with Gasteiger partial charge >= 0.3 is 6.18 Å². The predicted octanol–water partition coefficient (Wildman–Crippen LogP) is 5.13. The minimum Gasteiger partial charge on any atom is -0.166 e. The predicted molar refractivity (Wildman–Crippen MR) is 82.3 cm³/mol. The van der Waals surface area contributed by atoms with Crippen LogP contribution in [0.4, 0.5) is 13.2 Å². The first-order valence-corrected chi connectivity index (χ1v) is 10.0. The Labute approximate surface area is 124 Å². The van der Waals surface area contributed by atoms with Crippen molar-refractivity contribution in [3.05, 3.63) is 42.1 Å². The van der Waals surface area contributed by atoms with Crippen LogP contribution in [0.25, 0.3) is 0 Å². The third-order valence-electron chi connectivity index (χ3n) is 3.63. The lowest BCUT2D eigenvalue weighted by atomic mass is 10.2. The molecule has 0 bridgehead atoms. The Bertz CT molecular complexity index is 445. The fourth-order valence-electron chi connectivity index (χ4n) is 2.18. The van der Waals surface area contributed by atoms with Gasteiger partial charge in [-0.1, -0.05) is 60.6 Å². The van der Waals surface area contributed by atoms with Gasteiger partial charge in [0.25, 0.3) is 0 Å². The topological polar surface area (TPSA) is 0 Å². The lowest BCUT2D eigenvalue weighted by Gasteiger charge is -2.25. The summed E-state index contributed by atoms with van der Waals surface area (Å²) in [5.41, 5.74) is 1.31. The molecule has 5 heteroatoms. The maximum absolute atomic E-state index is 12.8. The first-order valence-electron chi connectivity index (χ1n) is 6.71. The van der Waals surface area contributed by atoms with E-state index in [1.54, 1.807) is 6.07 Å². The zero-order chi connectivity index (χ0) is 15.2. The Balaban J connectivity index is 2.91. The summed E-state index contributed by atoms with van der Waals surface area (Å²) in [4.78, 5) is 0. The van der Waals surface area contributed by atoms with Crippen molar-refractivity contribution in [1.82, 2.24) is 0 Å². The molecule has 20 heavy (non-hydrogen) atoms. The van der Waals surface area contributed by atoms with E-state index in [9.17, 15) is 13.2 Å². The molecule has 0 N–H and O–H groups in total. The highest BCUT2D eigenvalue weighted by atomic mass is 35.5. The van der Waals surface area contributed by atoms with Gasteiger partial charge in [0.1, 0.15) is 8.07 Å². The van der Waals surface area contributed by atoms with Gasteiger partial charge in [0.2, 0.25) is 0 Å². The van der Waals surface area contributed by atoms with Crippen molar-refractivity contribution in [1.29, 1.82) is 0 Å². The summed E-state index contributed by atoms with van der Waals surface area (Å²) in [6.07, 6.45) is -1.34. The molecule has 0 fully saturated rings. The van der Waals surface area contributed by atoms with Gasteiger partial charge < -0.3 is 0 Å². The second kappa shape index (κ2) is 7.32. The molecule has 0 radical (unpaired) electrons. The minimum atomic E-state index is -4.29. The minimum absolute atomic E-state index is 0.573. The van der Waals surface area contributed by atoms with Gasteiger partial charge in [-0.2, -0.15) is 13.2 Å². The van der Waals surface area contributed by atoms with Crippen molar-refractivity contribution in [3.63, 3.8) is 0 Å². The van der Waals surface area contributed by atoms with E-state index >= 15 is 0 Å². The summed E-state index contributed by atoms with van der Waals surface area (Å²) < 4.78 is 38.4. The Morgan fingerprint density at radius 1 is 1.25 bits per heavy atom. The maximum atomic E-state index is 12.8. The highest BCUT2D eigenvalue weighted by Gasteiger charge is 2.33. The fraction of sp³-hybridized carbons (Fsp3) is 0.467. The van der Waals surface area contributed by atoms with Crippen molar-refractivity contribution in [2.75, 3.05) is 5.88 Å². The molecule has 0 aliphatic carbocycles. The van der Waals surface area contributed by atoms with Gasteiger partial charge in [0, 0.05) is 5.88 Å². The fourth-order valence-corrected chi connectivity index (χ4v) is 5.04. The van der Waals surface area contributed by atoms with E-state index in [0.717, 1.165) is 36.6 Å². The number of hydrogen-bond donors (Lipinski definition) is 0. The monoisotopic (exact) mass is 320 g/mol. The lowest BCUT2D eigenvalue weighted by molar-refractivity contribution is -0.137. The number of rotatable bonds is 7. The molecule has 0 saturated carbocycles. The highest BCUT2D eigenvalue weighted by molar-refractivity contribution is 6.94. The van der Waals surface area contributed by atoms with Gasteiger partial charge in [0.15, 0.2) is 0 Å². The summed E-state index contributed by atoms with van der Waals surface area (Å²) in [7, 11) is -2.04. The normalized spacial score (nSPS) is 14.8. The summed E-state index contributed by atoms with van der Waals surface area (Å²) >= 11 is 5.64. The van der Waals surface area contributed by atoms with Crippen LogP contribution < -0.4 is 5.19 Å². The number of halogens is 4.